The van der Waals surface area contributed by atoms with Gasteiger partial charge in [0.1, 0.15) is 0 Å². The fraction of sp³-hybridized carbons (Fsp3) is 0.333. The van der Waals surface area contributed by atoms with Crippen LogP contribution in [-0.4, -0.2) is 13.1 Å². The zero-order valence-electron chi connectivity index (χ0n) is 12.6. The van der Waals surface area contributed by atoms with Gasteiger partial charge in [-0.05, 0) is 68.1 Å². The molecule has 0 aliphatic carbocycles. The van der Waals surface area contributed by atoms with Crippen molar-refractivity contribution in [1.82, 2.24) is 0 Å². The first kappa shape index (κ1) is 13.8. The van der Waals surface area contributed by atoms with Gasteiger partial charge in [-0.2, -0.15) is 0 Å². The van der Waals surface area contributed by atoms with Gasteiger partial charge < -0.3 is 16.0 Å². The van der Waals surface area contributed by atoms with Crippen LogP contribution < -0.4 is 16.0 Å². The Balaban J connectivity index is 1.73. The minimum atomic E-state index is 0.785. The standard InChI is InChI=1S/C18H23N3/c1-14-5-6-15(19)13-18(14)20-16-7-9-17(10-8-16)21-11-3-2-4-12-21/h5-10,13,20H,2-4,11-12,19H2,1H3. The zero-order chi connectivity index (χ0) is 14.7. The quantitative estimate of drug-likeness (QED) is 0.824. The molecule has 1 saturated heterocycles. The number of aryl methyl sites for hydroxylation is 1. The third-order valence-corrected chi connectivity index (χ3v) is 4.13. The van der Waals surface area contributed by atoms with Crippen LogP contribution in [0.15, 0.2) is 42.5 Å². The van der Waals surface area contributed by atoms with Crippen molar-refractivity contribution in [1.29, 1.82) is 0 Å². The maximum Gasteiger partial charge on any atom is 0.0434 e. The van der Waals surface area contributed by atoms with Crippen LogP contribution in [0.2, 0.25) is 0 Å². The number of nitrogen functional groups attached to an aromatic ring is 1. The fourth-order valence-corrected chi connectivity index (χ4v) is 2.84. The number of piperidine rings is 1. The summed E-state index contributed by atoms with van der Waals surface area (Å²) in [5, 5.41) is 3.44. The topological polar surface area (TPSA) is 41.3 Å². The lowest BCUT2D eigenvalue weighted by molar-refractivity contribution is 0.578. The lowest BCUT2D eigenvalue weighted by Crippen LogP contribution is -2.29. The molecule has 21 heavy (non-hydrogen) atoms. The highest BCUT2D eigenvalue weighted by molar-refractivity contribution is 5.68. The summed E-state index contributed by atoms with van der Waals surface area (Å²) in [6.45, 7) is 4.45. The van der Waals surface area contributed by atoms with Crippen LogP contribution in [0, 0.1) is 6.92 Å². The minimum absolute atomic E-state index is 0.785. The molecule has 1 heterocycles. The lowest BCUT2D eigenvalue weighted by Gasteiger charge is -2.28. The second-order valence-electron chi connectivity index (χ2n) is 5.79. The molecule has 0 aromatic heterocycles. The van der Waals surface area contributed by atoms with Gasteiger partial charge in [0.15, 0.2) is 0 Å². The van der Waals surface area contributed by atoms with E-state index in [2.05, 4.69) is 41.4 Å². The Morgan fingerprint density at radius 1 is 0.952 bits per heavy atom. The number of rotatable bonds is 3. The van der Waals surface area contributed by atoms with Crippen molar-refractivity contribution in [3.05, 3.63) is 48.0 Å². The van der Waals surface area contributed by atoms with Crippen LogP contribution in [0.4, 0.5) is 22.7 Å². The van der Waals surface area contributed by atoms with Crippen LogP contribution in [0.3, 0.4) is 0 Å². The van der Waals surface area contributed by atoms with Crippen molar-refractivity contribution in [3.8, 4) is 0 Å². The second kappa shape index (κ2) is 6.08. The Morgan fingerprint density at radius 3 is 2.38 bits per heavy atom. The van der Waals surface area contributed by atoms with Gasteiger partial charge in [-0.15, -0.1) is 0 Å². The zero-order valence-corrected chi connectivity index (χ0v) is 12.6. The van der Waals surface area contributed by atoms with Crippen LogP contribution in [0.25, 0.3) is 0 Å². The smallest absolute Gasteiger partial charge is 0.0434 e. The molecule has 0 bridgehead atoms. The third-order valence-electron chi connectivity index (χ3n) is 4.13. The highest BCUT2D eigenvalue weighted by atomic mass is 15.1. The monoisotopic (exact) mass is 281 g/mol. The number of benzene rings is 2. The van der Waals surface area contributed by atoms with Gasteiger partial charge >= 0.3 is 0 Å². The fourth-order valence-electron chi connectivity index (χ4n) is 2.84. The van der Waals surface area contributed by atoms with E-state index < -0.39 is 0 Å². The SMILES string of the molecule is Cc1ccc(N)cc1Nc1ccc(N2CCCCC2)cc1. The number of nitrogens with two attached hydrogens (primary N) is 1. The van der Waals surface area contributed by atoms with Crippen molar-refractivity contribution >= 4 is 22.7 Å². The van der Waals surface area contributed by atoms with Gasteiger partial charge in [0.05, 0.1) is 0 Å². The first-order valence-electron chi connectivity index (χ1n) is 7.70. The molecule has 0 atom stereocenters. The second-order valence-corrected chi connectivity index (χ2v) is 5.79. The Morgan fingerprint density at radius 2 is 1.67 bits per heavy atom. The van der Waals surface area contributed by atoms with Gasteiger partial charge in [0, 0.05) is 35.8 Å². The van der Waals surface area contributed by atoms with E-state index >= 15 is 0 Å². The van der Waals surface area contributed by atoms with Crippen molar-refractivity contribution < 1.29 is 0 Å². The van der Waals surface area contributed by atoms with Gasteiger partial charge in [0.2, 0.25) is 0 Å². The van der Waals surface area contributed by atoms with E-state index in [9.17, 15) is 0 Å². The van der Waals surface area contributed by atoms with Gasteiger partial charge in [0.25, 0.3) is 0 Å². The molecule has 3 N–H and O–H groups in total. The molecule has 0 saturated carbocycles. The van der Waals surface area contributed by atoms with Crippen LogP contribution in [0.1, 0.15) is 24.8 Å². The highest BCUT2D eigenvalue weighted by Gasteiger charge is 2.10. The van der Waals surface area contributed by atoms with E-state index in [1.165, 1.54) is 43.6 Å². The average Bonchev–Trinajstić information content (AvgIpc) is 2.53. The molecule has 1 aliphatic heterocycles. The molecule has 3 heteroatoms. The van der Waals surface area contributed by atoms with Crippen molar-refractivity contribution in [2.75, 3.05) is 29.0 Å². The van der Waals surface area contributed by atoms with Gasteiger partial charge in [-0.1, -0.05) is 6.07 Å². The molecule has 0 radical (unpaired) electrons. The predicted molar refractivity (Wildman–Crippen MR) is 91.4 cm³/mol. The molecule has 2 aromatic carbocycles. The lowest BCUT2D eigenvalue weighted by atomic mass is 10.1. The van der Waals surface area contributed by atoms with E-state index in [1.807, 2.05) is 18.2 Å². The number of nitrogens with one attached hydrogen (secondary N) is 1. The summed E-state index contributed by atoms with van der Waals surface area (Å²) in [6, 6.07) is 14.7. The summed E-state index contributed by atoms with van der Waals surface area (Å²) >= 11 is 0. The Hall–Kier alpha value is -2.16. The van der Waals surface area contributed by atoms with E-state index in [4.69, 9.17) is 5.73 Å². The summed E-state index contributed by atoms with van der Waals surface area (Å²) in [6.07, 6.45) is 3.98. The maximum atomic E-state index is 5.86. The number of anilines is 4. The van der Waals surface area contributed by atoms with E-state index in [-0.39, 0.29) is 0 Å². The molecule has 0 amide bonds. The summed E-state index contributed by atoms with van der Waals surface area (Å²) in [4.78, 5) is 2.47. The van der Waals surface area contributed by atoms with Crippen molar-refractivity contribution in [2.45, 2.75) is 26.2 Å². The number of hydrogen-bond donors (Lipinski definition) is 2. The molecule has 0 spiro atoms. The third kappa shape index (κ3) is 3.30. The minimum Gasteiger partial charge on any atom is -0.399 e. The molecule has 3 nitrogen and oxygen atoms in total. The highest BCUT2D eigenvalue weighted by Crippen LogP contribution is 2.26. The molecular formula is C18H23N3. The van der Waals surface area contributed by atoms with E-state index in [0.29, 0.717) is 0 Å². The Kier molecular flexibility index (Phi) is 4.00. The summed E-state index contributed by atoms with van der Waals surface area (Å²) in [7, 11) is 0. The molecule has 3 rings (SSSR count). The van der Waals surface area contributed by atoms with Crippen LogP contribution >= 0.6 is 0 Å². The normalized spacial score (nSPS) is 15.0. The molecule has 0 unspecified atom stereocenters. The number of hydrogen-bond acceptors (Lipinski definition) is 3. The summed E-state index contributed by atoms with van der Waals surface area (Å²) < 4.78 is 0. The molecule has 2 aromatic rings. The molecular weight excluding hydrogens is 258 g/mol. The molecule has 1 aliphatic rings. The molecule has 1 fully saturated rings. The Labute approximate surface area is 126 Å². The first-order valence-corrected chi connectivity index (χ1v) is 7.70. The van der Waals surface area contributed by atoms with Crippen LogP contribution in [-0.2, 0) is 0 Å². The van der Waals surface area contributed by atoms with Gasteiger partial charge in [-0.25, -0.2) is 0 Å². The average molecular weight is 281 g/mol. The van der Waals surface area contributed by atoms with E-state index in [1.54, 1.807) is 0 Å². The largest absolute Gasteiger partial charge is 0.399 e. The first-order chi connectivity index (χ1) is 10.2. The summed E-state index contributed by atoms with van der Waals surface area (Å²) in [5.41, 5.74) is 11.3. The van der Waals surface area contributed by atoms with Gasteiger partial charge in [-0.3, -0.25) is 0 Å². The van der Waals surface area contributed by atoms with Crippen molar-refractivity contribution in [2.24, 2.45) is 0 Å². The van der Waals surface area contributed by atoms with Crippen LogP contribution in [0.5, 0.6) is 0 Å². The number of nitrogens with zero attached hydrogens (tertiary/aromatic N) is 1. The maximum absolute atomic E-state index is 5.86. The summed E-state index contributed by atoms with van der Waals surface area (Å²) in [5.74, 6) is 0. The Bertz CT molecular complexity index is 598. The van der Waals surface area contributed by atoms with Crippen molar-refractivity contribution in [3.63, 3.8) is 0 Å². The molecule has 110 valence electrons. The van der Waals surface area contributed by atoms with E-state index in [0.717, 1.165) is 17.1 Å². The predicted octanol–water partition coefficient (Wildman–Crippen LogP) is 4.31.